The smallest absolute Gasteiger partial charge is 0.313 e. The van der Waals surface area contributed by atoms with Crippen molar-refractivity contribution in [1.82, 2.24) is 10.6 Å². The number of hydrogen-bond acceptors (Lipinski definition) is 4. The lowest BCUT2D eigenvalue weighted by Crippen LogP contribution is -2.38. The normalized spacial score (nSPS) is 15.4. The van der Waals surface area contributed by atoms with E-state index in [-0.39, 0.29) is 37.9 Å². The molecule has 3 N–H and O–H groups in total. The molecule has 4 amide bonds. The molecule has 2 aromatic carbocycles. The molecule has 8 nitrogen and oxygen atoms in total. The molecular weight excluding hydrogens is 439 g/mol. The van der Waals surface area contributed by atoms with Crippen molar-refractivity contribution in [3.63, 3.8) is 0 Å². The average molecular weight is 461 g/mol. The van der Waals surface area contributed by atoms with Gasteiger partial charge < -0.3 is 20.9 Å². The summed E-state index contributed by atoms with van der Waals surface area (Å²) in [5.74, 6) is -2.99. The first kappa shape index (κ1) is 23.2. The van der Waals surface area contributed by atoms with E-state index in [2.05, 4.69) is 16.0 Å². The lowest BCUT2D eigenvalue weighted by molar-refractivity contribution is -0.136. The second kappa shape index (κ2) is 10.7. The van der Waals surface area contributed by atoms with Gasteiger partial charge >= 0.3 is 11.8 Å². The van der Waals surface area contributed by atoms with Crippen LogP contribution in [0.4, 0.5) is 15.8 Å². The summed E-state index contributed by atoms with van der Waals surface area (Å²) in [6.07, 6.45) is 0.525. The van der Waals surface area contributed by atoms with Gasteiger partial charge in [-0.05, 0) is 55.0 Å². The Morgan fingerprint density at radius 3 is 2.31 bits per heavy atom. The number of rotatable bonds is 7. The van der Waals surface area contributed by atoms with Crippen molar-refractivity contribution in [1.29, 1.82) is 0 Å². The number of hydrogen-bond donors (Lipinski definition) is 3. The van der Waals surface area contributed by atoms with Crippen LogP contribution in [-0.4, -0.2) is 43.3 Å². The van der Waals surface area contributed by atoms with Crippen LogP contribution in [0.1, 0.15) is 12.8 Å². The lowest BCUT2D eigenvalue weighted by Gasteiger charge is -2.16. The maximum absolute atomic E-state index is 12.9. The van der Waals surface area contributed by atoms with Crippen molar-refractivity contribution in [2.45, 2.75) is 12.8 Å². The highest BCUT2D eigenvalue weighted by Gasteiger charge is 2.34. The standard InChI is InChI=1S/C22H22ClFN4O4/c23-15-2-8-18(9-3-15)28-13-14(12-19(28)29)20(30)25-10-1-11-26-21(31)22(32)27-17-6-4-16(24)5-7-17/h2-9,14H,1,10-13H2,(H,25,30)(H,26,31)(H,27,32). The first-order chi connectivity index (χ1) is 15.3. The van der Waals surface area contributed by atoms with Crippen LogP contribution in [-0.2, 0) is 19.2 Å². The van der Waals surface area contributed by atoms with E-state index in [1.54, 1.807) is 29.2 Å². The molecule has 1 aliphatic rings. The number of carbonyl (C=O) groups excluding carboxylic acids is 4. The molecule has 0 saturated carbocycles. The third kappa shape index (κ3) is 6.27. The van der Waals surface area contributed by atoms with Crippen molar-refractivity contribution in [2.24, 2.45) is 5.92 Å². The van der Waals surface area contributed by atoms with E-state index < -0.39 is 23.5 Å². The molecule has 168 valence electrons. The average Bonchev–Trinajstić information content (AvgIpc) is 3.17. The Morgan fingerprint density at radius 2 is 1.62 bits per heavy atom. The van der Waals surface area contributed by atoms with Gasteiger partial charge in [-0.15, -0.1) is 0 Å². The van der Waals surface area contributed by atoms with Crippen molar-refractivity contribution in [3.8, 4) is 0 Å². The summed E-state index contributed by atoms with van der Waals surface area (Å²) < 4.78 is 12.9. The number of anilines is 2. The molecule has 0 aromatic heterocycles. The summed E-state index contributed by atoms with van der Waals surface area (Å²) in [6.45, 7) is 0.743. The number of carbonyl (C=O) groups is 4. The van der Waals surface area contributed by atoms with E-state index in [0.29, 0.717) is 22.8 Å². The van der Waals surface area contributed by atoms with Crippen molar-refractivity contribution in [3.05, 3.63) is 59.4 Å². The van der Waals surface area contributed by atoms with Gasteiger partial charge in [-0.1, -0.05) is 11.6 Å². The van der Waals surface area contributed by atoms with Gasteiger partial charge in [-0.2, -0.15) is 0 Å². The van der Waals surface area contributed by atoms with Gasteiger partial charge in [0.05, 0.1) is 5.92 Å². The Hall–Kier alpha value is -3.46. The van der Waals surface area contributed by atoms with E-state index in [1.165, 1.54) is 24.3 Å². The zero-order valence-corrected chi connectivity index (χ0v) is 17.8. The van der Waals surface area contributed by atoms with Crippen molar-refractivity contribution >= 4 is 46.6 Å². The van der Waals surface area contributed by atoms with Gasteiger partial charge in [-0.3, -0.25) is 19.2 Å². The lowest BCUT2D eigenvalue weighted by atomic mass is 10.1. The molecule has 1 aliphatic heterocycles. The van der Waals surface area contributed by atoms with E-state index in [4.69, 9.17) is 11.6 Å². The van der Waals surface area contributed by atoms with E-state index in [9.17, 15) is 23.6 Å². The molecule has 1 heterocycles. The van der Waals surface area contributed by atoms with Gasteiger partial charge in [0.15, 0.2) is 0 Å². The Kier molecular flexibility index (Phi) is 7.77. The summed E-state index contributed by atoms with van der Waals surface area (Å²) in [5, 5.41) is 8.12. The van der Waals surface area contributed by atoms with Crippen LogP contribution in [0.5, 0.6) is 0 Å². The van der Waals surface area contributed by atoms with Crippen LogP contribution in [0.15, 0.2) is 48.5 Å². The maximum Gasteiger partial charge on any atom is 0.313 e. The predicted octanol–water partition coefficient (Wildman–Crippen LogP) is 2.09. The summed E-state index contributed by atoms with van der Waals surface area (Å²) >= 11 is 5.87. The predicted molar refractivity (Wildman–Crippen MR) is 118 cm³/mol. The minimum Gasteiger partial charge on any atom is -0.356 e. The van der Waals surface area contributed by atoms with Crippen LogP contribution in [0.25, 0.3) is 0 Å². The third-order valence-electron chi connectivity index (χ3n) is 4.88. The van der Waals surface area contributed by atoms with E-state index in [0.717, 1.165) is 0 Å². The molecule has 1 fully saturated rings. The molecule has 2 aromatic rings. The summed E-state index contributed by atoms with van der Waals surface area (Å²) in [5.41, 5.74) is 0.994. The van der Waals surface area contributed by atoms with Gasteiger partial charge in [0.2, 0.25) is 11.8 Å². The molecule has 10 heteroatoms. The number of amides is 4. The Bertz CT molecular complexity index is 998. The molecule has 3 rings (SSSR count). The van der Waals surface area contributed by atoms with Gasteiger partial charge in [0.1, 0.15) is 5.82 Å². The minimum absolute atomic E-state index is 0.120. The summed E-state index contributed by atoms with van der Waals surface area (Å²) in [4.78, 5) is 49.8. The fourth-order valence-corrected chi connectivity index (χ4v) is 3.33. The fraction of sp³-hybridized carbons (Fsp3) is 0.273. The first-order valence-corrected chi connectivity index (χ1v) is 10.4. The van der Waals surface area contributed by atoms with Crippen LogP contribution < -0.4 is 20.9 Å². The number of halogens is 2. The first-order valence-electron chi connectivity index (χ1n) is 10.0. The van der Waals surface area contributed by atoms with Crippen LogP contribution in [0.2, 0.25) is 5.02 Å². The molecule has 0 spiro atoms. The zero-order valence-electron chi connectivity index (χ0n) is 17.1. The number of nitrogens with one attached hydrogen (secondary N) is 3. The summed E-state index contributed by atoms with van der Waals surface area (Å²) in [7, 11) is 0. The molecule has 0 radical (unpaired) electrons. The minimum atomic E-state index is -0.868. The van der Waals surface area contributed by atoms with E-state index >= 15 is 0 Å². The monoisotopic (exact) mass is 460 g/mol. The molecule has 0 bridgehead atoms. The molecule has 1 saturated heterocycles. The van der Waals surface area contributed by atoms with Gasteiger partial charge in [-0.25, -0.2) is 4.39 Å². The second-order valence-corrected chi connectivity index (χ2v) is 7.68. The fourth-order valence-electron chi connectivity index (χ4n) is 3.20. The largest absolute Gasteiger partial charge is 0.356 e. The Balaban J connectivity index is 1.34. The molecular formula is C22H22ClFN4O4. The van der Waals surface area contributed by atoms with Crippen LogP contribution >= 0.6 is 11.6 Å². The maximum atomic E-state index is 12.9. The summed E-state index contributed by atoms with van der Waals surface area (Å²) in [6, 6.07) is 11.9. The van der Waals surface area contributed by atoms with E-state index in [1.807, 2.05) is 0 Å². The quantitative estimate of drug-likeness (QED) is 0.434. The molecule has 1 atom stereocenters. The van der Waals surface area contributed by atoms with Crippen LogP contribution in [0, 0.1) is 11.7 Å². The molecule has 1 unspecified atom stereocenters. The zero-order chi connectivity index (χ0) is 23.1. The van der Waals surface area contributed by atoms with Gasteiger partial charge in [0, 0.05) is 42.5 Å². The van der Waals surface area contributed by atoms with Crippen molar-refractivity contribution < 1.29 is 23.6 Å². The Morgan fingerprint density at radius 1 is 0.969 bits per heavy atom. The second-order valence-electron chi connectivity index (χ2n) is 7.24. The molecule has 0 aliphatic carbocycles. The van der Waals surface area contributed by atoms with Crippen LogP contribution in [0.3, 0.4) is 0 Å². The highest BCUT2D eigenvalue weighted by molar-refractivity contribution is 6.39. The highest BCUT2D eigenvalue weighted by Crippen LogP contribution is 2.26. The number of benzene rings is 2. The third-order valence-corrected chi connectivity index (χ3v) is 5.13. The topological polar surface area (TPSA) is 108 Å². The van der Waals surface area contributed by atoms with Gasteiger partial charge in [0.25, 0.3) is 0 Å². The van der Waals surface area contributed by atoms with Crippen molar-refractivity contribution in [2.75, 3.05) is 29.9 Å². The Labute approximate surface area is 189 Å². The molecule has 32 heavy (non-hydrogen) atoms. The number of nitrogens with zero attached hydrogens (tertiary/aromatic N) is 1. The highest BCUT2D eigenvalue weighted by atomic mass is 35.5. The SMILES string of the molecule is O=C(NCCCNC(=O)C1CC(=O)N(c2ccc(Cl)cc2)C1)C(=O)Nc1ccc(F)cc1.